The topological polar surface area (TPSA) is 121 Å². The van der Waals surface area contributed by atoms with Crippen LogP contribution in [0.2, 0.25) is 0 Å². The van der Waals surface area contributed by atoms with Gasteiger partial charge in [-0.2, -0.15) is 0 Å². The van der Waals surface area contributed by atoms with Gasteiger partial charge in [-0.25, -0.2) is 19.7 Å². The van der Waals surface area contributed by atoms with E-state index in [-0.39, 0.29) is 23.8 Å². The summed E-state index contributed by atoms with van der Waals surface area (Å²) in [6, 6.07) is 15.5. The zero-order valence-corrected chi connectivity index (χ0v) is 24.7. The number of hydrogen-bond donors (Lipinski definition) is 2. The van der Waals surface area contributed by atoms with Crippen molar-refractivity contribution in [2.45, 2.75) is 46.1 Å². The fraction of sp³-hybridized carbons (Fsp3) is 0.364. The number of likely N-dealkylation sites (tertiary alicyclic amines) is 1. The standard InChI is InChI=1S/C33H36N6O4/c1-4-22-13-16-39(31(22)40)28-9-5-7-25-24(28)11-10-21(3)29(25)43-30-26(8-6-14-34-30)27-12-15-35-32(37-27)36-23-17-20(2)18-38(19-23)33(41)42/h5-12,14-15,20,22-23H,4,13,16-19H2,1-3H3,(H,41,42)(H,35,36,37)/t20-,22?,23+/m1/s1. The molecule has 2 aromatic carbocycles. The Balaban J connectivity index is 1.31. The van der Waals surface area contributed by atoms with Gasteiger partial charge in [0.25, 0.3) is 0 Å². The Morgan fingerprint density at radius 2 is 1.93 bits per heavy atom. The van der Waals surface area contributed by atoms with Crippen molar-refractivity contribution in [3.8, 4) is 22.9 Å². The SMILES string of the molecule is CCC1CCN(c2cccc3c(Oc4ncccc4-c4ccnc(N[C@H]5C[C@@H](C)CN(C(=O)O)C5)n4)c(C)ccc23)C1=O. The molecule has 0 bridgehead atoms. The van der Waals surface area contributed by atoms with Crippen LogP contribution in [-0.2, 0) is 4.79 Å². The van der Waals surface area contributed by atoms with E-state index in [0.29, 0.717) is 48.5 Å². The van der Waals surface area contributed by atoms with Crippen LogP contribution in [0, 0.1) is 18.8 Å². The van der Waals surface area contributed by atoms with Crippen LogP contribution in [0.15, 0.2) is 60.9 Å². The number of hydrogen-bond acceptors (Lipinski definition) is 7. The second-order valence-electron chi connectivity index (χ2n) is 11.6. The molecule has 0 radical (unpaired) electrons. The summed E-state index contributed by atoms with van der Waals surface area (Å²) in [5.41, 5.74) is 3.17. The van der Waals surface area contributed by atoms with E-state index in [1.807, 2.05) is 55.1 Å². The third-order valence-electron chi connectivity index (χ3n) is 8.45. The Bertz CT molecular complexity index is 1680. The molecule has 2 saturated heterocycles. The van der Waals surface area contributed by atoms with Gasteiger partial charge in [0.1, 0.15) is 5.75 Å². The lowest BCUT2D eigenvalue weighted by molar-refractivity contribution is -0.120. The summed E-state index contributed by atoms with van der Waals surface area (Å²) < 4.78 is 6.57. The predicted octanol–water partition coefficient (Wildman–Crippen LogP) is 6.36. The minimum absolute atomic E-state index is 0.0670. The molecule has 2 aliphatic heterocycles. The molecule has 43 heavy (non-hydrogen) atoms. The molecule has 2 aromatic heterocycles. The number of fused-ring (bicyclic) bond motifs is 1. The number of nitrogens with zero attached hydrogens (tertiary/aromatic N) is 5. The third-order valence-corrected chi connectivity index (χ3v) is 8.45. The Labute approximate surface area is 250 Å². The summed E-state index contributed by atoms with van der Waals surface area (Å²) in [4.78, 5) is 41.7. The summed E-state index contributed by atoms with van der Waals surface area (Å²) >= 11 is 0. The highest BCUT2D eigenvalue weighted by Gasteiger charge is 2.32. The van der Waals surface area contributed by atoms with Gasteiger partial charge in [0.15, 0.2) is 0 Å². The van der Waals surface area contributed by atoms with Crippen molar-refractivity contribution in [2.24, 2.45) is 11.8 Å². The van der Waals surface area contributed by atoms with Gasteiger partial charge in [-0.05, 0) is 61.9 Å². The minimum Gasteiger partial charge on any atom is -0.465 e. The Hall–Kier alpha value is -4.73. The maximum atomic E-state index is 13.1. The van der Waals surface area contributed by atoms with Gasteiger partial charge in [0, 0.05) is 54.8 Å². The van der Waals surface area contributed by atoms with Crippen molar-refractivity contribution in [2.75, 3.05) is 29.9 Å². The van der Waals surface area contributed by atoms with Crippen molar-refractivity contribution in [3.63, 3.8) is 0 Å². The monoisotopic (exact) mass is 580 g/mol. The number of amides is 2. The minimum atomic E-state index is -0.918. The molecule has 2 amide bonds. The predicted molar refractivity (Wildman–Crippen MR) is 166 cm³/mol. The summed E-state index contributed by atoms with van der Waals surface area (Å²) in [5.74, 6) is 1.97. The third kappa shape index (κ3) is 5.69. The summed E-state index contributed by atoms with van der Waals surface area (Å²) in [5, 5.41) is 14.7. The van der Waals surface area contributed by atoms with E-state index >= 15 is 0 Å². The molecule has 4 heterocycles. The summed E-state index contributed by atoms with van der Waals surface area (Å²) in [6.45, 7) is 7.71. The van der Waals surface area contributed by atoms with E-state index in [4.69, 9.17) is 9.72 Å². The maximum absolute atomic E-state index is 13.1. The van der Waals surface area contributed by atoms with Gasteiger partial charge >= 0.3 is 6.09 Å². The van der Waals surface area contributed by atoms with Gasteiger partial charge in [-0.1, -0.05) is 38.1 Å². The molecule has 2 N–H and O–H groups in total. The van der Waals surface area contributed by atoms with Crippen molar-refractivity contribution >= 4 is 34.4 Å². The smallest absolute Gasteiger partial charge is 0.407 e. The molecular weight excluding hydrogens is 544 g/mol. The van der Waals surface area contributed by atoms with E-state index in [9.17, 15) is 14.7 Å². The molecule has 2 aliphatic rings. The van der Waals surface area contributed by atoms with Crippen molar-refractivity contribution in [1.82, 2.24) is 19.9 Å². The van der Waals surface area contributed by atoms with Crippen LogP contribution in [0.4, 0.5) is 16.4 Å². The second-order valence-corrected chi connectivity index (χ2v) is 11.6. The average molecular weight is 581 g/mol. The van der Waals surface area contributed by atoms with Gasteiger partial charge in [0.2, 0.25) is 17.7 Å². The van der Waals surface area contributed by atoms with Crippen molar-refractivity contribution in [3.05, 3.63) is 66.5 Å². The zero-order valence-electron chi connectivity index (χ0n) is 24.7. The Kier molecular flexibility index (Phi) is 7.84. The Morgan fingerprint density at radius 3 is 2.72 bits per heavy atom. The summed E-state index contributed by atoms with van der Waals surface area (Å²) in [6.07, 6.45) is 4.97. The van der Waals surface area contributed by atoms with E-state index in [1.54, 1.807) is 18.5 Å². The highest BCUT2D eigenvalue weighted by atomic mass is 16.5. The fourth-order valence-corrected chi connectivity index (χ4v) is 6.29. The maximum Gasteiger partial charge on any atom is 0.407 e. The zero-order chi connectivity index (χ0) is 30.1. The van der Waals surface area contributed by atoms with E-state index < -0.39 is 6.09 Å². The lowest BCUT2D eigenvalue weighted by Gasteiger charge is -2.35. The van der Waals surface area contributed by atoms with Crippen molar-refractivity contribution in [1.29, 1.82) is 0 Å². The molecule has 2 fully saturated rings. The van der Waals surface area contributed by atoms with Crippen LogP contribution in [0.3, 0.4) is 0 Å². The quantitative estimate of drug-likeness (QED) is 0.259. The number of benzene rings is 2. The van der Waals surface area contributed by atoms with Crippen LogP contribution in [-0.4, -0.2) is 62.6 Å². The molecule has 222 valence electrons. The molecule has 0 aliphatic carbocycles. The molecule has 0 spiro atoms. The van der Waals surface area contributed by atoms with Crippen LogP contribution < -0.4 is 15.0 Å². The number of carbonyl (C=O) groups is 2. The Morgan fingerprint density at radius 1 is 1.07 bits per heavy atom. The first-order valence-electron chi connectivity index (χ1n) is 14.9. The highest BCUT2D eigenvalue weighted by molar-refractivity contribution is 6.07. The number of piperidine rings is 1. The number of nitrogens with one attached hydrogen (secondary N) is 1. The molecule has 0 saturated carbocycles. The van der Waals surface area contributed by atoms with Gasteiger partial charge in [0.05, 0.1) is 16.9 Å². The number of anilines is 2. The molecule has 6 rings (SSSR count). The number of carbonyl (C=O) groups excluding carboxylic acids is 1. The number of carboxylic acid groups (broad SMARTS) is 1. The fourth-order valence-electron chi connectivity index (χ4n) is 6.29. The number of aromatic nitrogens is 3. The molecular formula is C33H36N6O4. The molecule has 4 aromatic rings. The molecule has 10 heteroatoms. The number of aryl methyl sites for hydroxylation is 1. The second kappa shape index (κ2) is 11.9. The number of rotatable bonds is 7. The van der Waals surface area contributed by atoms with Crippen molar-refractivity contribution < 1.29 is 19.4 Å². The largest absolute Gasteiger partial charge is 0.465 e. The first kappa shape index (κ1) is 28.4. The van der Waals surface area contributed by atoms with Crippen LogP contribution >= 0.6 is 0 Å². The van der Waals surface area contributed by atoms with Crippen LogP contribution in [0.25, 0.3) is 22.0 Å². The van der Waals surface area contributed by atoms with Gasteiger partial charge < -0.3 is 25.0 Å². The lowest BCUT2D eigenvalue weighted by Crippen LogP contribution is -2.47. The number of ether oxygens (including phenoxy) is 1. The molecule has 1 unspecified atom stereocenters. The highest BCUT2D eigenvalue weighted by Crippen LogP contribution is 2.40. The van der Waals surface area contributed by atoms with Gasteiger partial charge in [-0.15, -0.1) is 0 Å². The van der Waals surface area contributed by atoms with E-state index in [2.05, 4.69) is 28.3 Å². The van der Waals surface area contributed by atoms with Crippen LogP contribution in [0.1, 0.15) is 38.7 Å². The molecule has 3 atom stereocenters. The average Bonchev–Trinajstić information content (AvgIpc) is 3.38. The van der Waals surface area contributed by atoms with E-state index in [0.717, 1.165) is 41.3 Å². The first-order valence-corrected chi connectivity index (χ1v) is 14.9. The lowest BCUT2D eigenvalue weighted by atomic mass is 9.96. The summed E-state index contributed by atoms with van der Waals surface area (Å²) in [7, 11) is 0. The van der Waals surface area contributed by atoms with E-state index in [1.165, 1.54) is 4.90 Å². The first-order chi connectivity index (χ1) is 20.8. The van der Waals surface area contributed by atoms with Crippen LogP contribution in [0.5, 0.6) is 11.6 Å². The number of pyridine rings is 1. The van der Waals surface area contributed by atoms with Gasteiger partial charge in [-0.3, -0.25) is 4.79 Å². The molecule has 10 nitrogen and oxygen atoms in total. The normalized spacial score (nSPS) is 20.4.